The summed E-state index contributed by atoms with van der Waals surface area (Å²) in [6.07, 6.45) is 0. The van der Waals surface area contributed by atoms with Crippen LogP contribution >= 0.6 is 28.1 Å². The zero-order valence-electron chi connectivity index (χ0n) is 12.2. The number of thiocarbonyl (C=S) groups is 1. The molecule has 2 aromatic rings. The number of carbonyl (C=O) groups excluding carboxylic acids is 2. The van der Waals surface area contributed by atoms with Gasteiger partial charge in [0.05, 0.1) is 5.56 Å². The van der Waals surface area contributed by atoms with Gasteiger partial charge in [0.1, 0.15) is 0 Å². The van der Waals surface area contributed by atoms with Crippen LogP contribution in [0.25, 0.3) is 0 Å². The first-order chi connectivity index (χ1) is 11.0. The summed E-state index contributed by atoms with van der Waals surface area (Å²) < 4.78 is 0.694. The molecule has 0 saturated heterocycles. The monoisotopic (exact) mass is 391 g/mol. The quantitative estimate of drug-likeness (QED) is 0.699. The SMILES string of the molecule is CC(=O)Nc1ccc(NC(=S)NC(=O)c2ccccc2Br)cc1. The molecule has 0 aliphatic rings. The van der Waals surface area contributed by atoms with Crippen LogP contribution in [0, 0.1) is 0 Å². The minimum Gasteiger partial charge on any atom is -0.332 e. The highest BCUT2D eigenvalue weighted by molar-refractivity contribution is 9.10. The Labute approximate surface area is 147 Å². The van der Waals surface area contributed by atoms with Crippen molar-refractivity contribution in [2.24, 2.45) is 0 Å². The number of halogens is 1. The number of anilines is 2. The molecule has 0 radical (unpaired) electrons. The number of rotatable bonds is 3. The number of hydrogen-bond acceptors (Lipinski definition) is 3. The molecule has 0 unspecified atom stereocenters. The molecule has 0 aliphatic heterocycles. The van der Waals surface area contributed by atoms with Gasteiger partial charge in [-0.2, -0.15) is 0 Å². The van der Waals surface area contributed by atoms with Crippen molar-refractivity contribution < 1.29 is 9.59 Å². The van der Waals surface area contributed by atoms with E-state index in [4.69, 9.17) is 12.2 Å². The maximum atomic E-state index is 12.1. The Hall–Kier alpha value is -2.25. The van der Waals surface area contributed by atoms with E-state index < -0.39 is 0 Å². The maximum absolute atomic E-state index is 12.1. The fourth-order valence-corrected chi connectivity index (χ4v) is 2.49. The molecule has 118 valence electrons. The second-order valence-corrected chi connectivity index (χ2v) is 5.91. The summed E-state index contributed by atoms with van der Waals surface area (Å²) in [5, 5.41) is 8.39. The molecule has 2 amide bonds. The molecule has 0 spiro atoms. The molecule has 2 rings (SSSR count). The molecule has 0 aromatic heterocycles. The van der Waals surface area contributed by atoms with Crippen LogP contribution < -0.4 is 16.0 Å². The topological polar surface area (TPSA) is 70.2 Å². The van der Waals surface area contributed by atoms with Crippen LogP contribution in [0.15, 0.2) is 53.0 Å². The van der Waals surface area contributed by atoms with Crippen LogP contribution in [0.5, 0.6) is 0 Å². The fourth-order valence-electron chi connectivity index (χ4n) is 1.82. The Kier molecular flexibility index (Phi) is 5.84. The zero-order chi connectivity index (χ0) is 16.8. The predicted octanol–water partition coefficient (Wildman–Crippen LogP) is 3.53. The van der Waals surface area contributed by atoms with Crippen molar-refractivity contribution in [1.29, 1.82) is 0 Å². The summed E-state index contributed by atoms with van der Waals surface area (Å²) in [5.41, 5.74) is 1.89. The minimum atomic E-state index is -0.301. The average Bonchev–Trinajstić information content (AvgIpc) is 2.49. The number of amides is 2. The summed E-state index contributed by atoms with van der Waals surface area (Å²) in [6.45, 7) is 1.44. The van der Waals surface area contributed by atoms with Crippen LogP contribution in [0.1, 0.15) is 17.3 Å². The molecule has 0 bridgehead atoms. The zero-order valence-corrected chi connectivity index (χ0v) is 14.6. The van der Waals surface area contributed by atoms with E-state index in [1.54, 1.807) is 42.5 Å². The van der Waals surface area contributed by atoms with Gasteiger partial charge in [0, 0.05) is 22.8 Å². The van der Waals surface area contributed by atoms with Gasteiger partial charge < -0.3 is 10.6 Å². The van der Waals surface area contributed by atoms with Crippen molar-refractivity contribution in [2.45, 2.75) is 6.92 Å². The second-order valence-electron chi connectivity index (χ2n) is 4.65. The molecule has 3 N–H and O–H groups in total. The van der Waals surface area contributed by atoms with Gasteiger partial charge >= 0.3 is 0 Å². The lowest BCUT2D eigenvalue weighted by molar-refractivity contribution is -0.114. The van der Waals surface area contributed by atoms with Crippen molar-refractivity contribution in [1.82, 2.24) is 5.32 Å². The van der Waals surface area contributed by atoms with Crippen molar-refractivity contribution >= 4 is 56.4 Å². The average molecular weight is 392 g/mol. The molecule has 0 saturated carbocycles. The molecule has 7 heteroatoms. The van der Waals surface area contributed by atoms with Crippen LogP contribution in [0.2, 0.25) is 0 Å². The van der Waals surface area contributed by atoms with Crippen LogP contribution in [0.4, 0.5) is 11.4 Å². The smallest absolute Gasteiger partial charge is 0.258 e. The van der Waals surface area contributed by atoms with E-state index in [-0.39, 0.29) is 16.9 Å². The Morgan fingerprint density at radius 1 is 0.957 bits per heavy atom. The molecule has 0 atom stereocenters. The summed E-state index contributed by atoms with van der Waals surface area (Å²) in [4.78, 5) is 23.1. The minimum absolute atomic E-state index is 0.137. The molecule has 5 nitrogen and oxygen atoms in total. The first-order valence-corrected chi connectivity index (χ1v) is 7.90. The summed E-state index contributed by atoms with van der Waals surface area (Å²) in [7, 11) is 0. The van der Waals surface area contributed by atoms with Crippen molar-refractivity contribution in [3.63, 3.8) is 0 Å². The maximum Gasteiger partial charge on any atom is 0.258 e. The summed E-state index contributed by atoms with van der Waals surface area (Å²) >= 11 is 8.45. The molecule has 23 heavy (non-hydrogen) atoms. The van der Waals surface area contributed by atoms with E-state index >= 15 is 0 Å². The second kappa shape index (κ2) is 7.85. The van der Waals surface area contributed by atoms with E-state index in [0.717, 1.165) is 0 Å². The highest BCUT2D eigenvalue weighted by atomic mass is 79.9. The fraction of sp³-hybridized carbons (Fsp3) is 0.0625. The molecule has 2 aromatic carbocycles. The lowest BCUT2D eigenvalue weighted by atomic mass is 10.2. The summed E-state index contributed by atoms with van der Waals surface area (Å²) in [6, 6.07) is 14.1. The number of nitrogens with one attached hydrogen (secondary N) is 3. The third kappa shape index (κ3) is 5.15. The molecular weight excluding hydrogens is 378 g/mol. The summed E-state index contributed by atoms with van der Waals surface area (Å²) in [5.74, 6) is -0.438. The highest BCUT2D eigenvalue weighted by Gasteiger charge is 2.10. The van der Waals surface area contributed by atoms with Gasteiger partial charge in [-0.15, -0.1) is 0 Å². The van der Waals surface area contributed by atoms with Gasteiger partial charge in [0.15, 0.2) is 5.11 Å². The lowest BCUT2D eigenvalue weighted by Crippen LogP contribution is -2.34. The molecule has 0 fully saturated rings. The van der Waals surface area contributed by atoms with Gasteiger partial charge in [0.25, 0.3) is 5.91 Å². The Morgan fingerprint density at radius 2 is 1.52 bits per heavy atom. The van der Waals surface area contributed by atoms with Gasteiger partial charge in [-0.3, -0.25) is 14.9 Å². The lowest BCUT2D eigenvalue weighted by Gasteiger charge is -2.11. The van der Waals surface area contributed by atoms with Crippen LogP contribution in [-0.2, 0) is 4.79 Å². The van der Waals surface area contributed by atoms with E-state index in [2.05, 4.69) is 31.9 Å². The Bertz CT molecular complexity index is 747. The van der Waals surface area contributed by atoms with E-state index in [1.165, 1.54) is 6.92 Å². The van der Waals surface area contributed by atoms with Gasteiger partial charge in [-0.25, -0.2) is 0 Å². The van der Waals surface area contributed by atoms with E-state index in [1.807, 2.05) is 6.07 Å². The standard InChI is InChI=1S/C16H14BrN3O2S/c1-10(21)18-11-6-8-12(9-7-11)19-16(23)20-15(22)13-4-2-3-5-14(13)17/h2-9H,1H3,(H,18,21)(H2,19,20,22,23). The van der Waals surface area contributed by atoms with Gasteiger partial charge in [0.2, 0.25) is 5.91 Å². The predicted molar refractivity (Wildman–Crippen MR) is 98.6 cm³/mol. The normalized spacial score (nSPS) is 9.83. The molecule has 0 aliphatic carbocycles. The van der Waals surface area contributed by atoms with E-state index in [0.29, 0.717) is 21.4 Å². The number of hydrogen-bond donors (Lipinski definition) is 3. The van der Waals surface area contributed by atoms with Crippen molar-refractivity contribution in [2.75, 3.05) is 10.6 Å². The first kappa shape index (κ1) is 17.1. The number of benzene rings is 2. The third-order valence-corrected chi connectivity index (χ3v) is 3.70. The number of carbonyl (C=O) groups is 2. The van der Waals surface area contributed by atoms with Crippen LogP contribution in [0.3, 0.4) is 0 Å². The Balaban J connectivity index is 1.95. The van der Waals surface area contributed by atoms with Crippen molar-refractivity contribution in [3.05, 3.63) is 58.6 Å². The molecule has 0 heterocycles. The van der Waals surface area contributed by atoms with Gasteiger partial charge in [-0.1, -0.05) is 12.1 Å². The van der Waals surface area contributed by atoms with E-state index in [9.17, 15) is 9.59 Å². The largest absolute Gasteiger partial charge is 0.332 e. The molecular formula is C16H14BrN3O2S. The highest BCUT2D eigenvalue weighted by Crippen LogP contribution is 2.16. The Morgan fingerprint density at radius 3 is 2.09 bits per heavy atom. The van der Waals surface area contributed by atoms with Gasteiger partial charge in [-0.05, 0) is 64.5 Å². The third-order valence-electron chi connectivity index (χ3n) is 2.81. The van der Waals surface area contributed by atoms with Crippen LogP contribution in [-0.4, -0.2) is 16.9 Å². The van der Waals surface area contributed by atoms with Crippen molar-refractivity contribution in [3.8, 4) is 0 Å². The first-order valence-electron chi connectivity index (χ1n) is 6.70.